The number of nitrogens with one attached hydrogen (secondary N) is 1. The van der Waals surface area contributed by atoms with Gasteiger partial charge < -0.3 is 10.7 Å². The Morgan fingerprint density at radius 2 is 2.27 bits per heavy atom. The number of hydrogen-bond donors (Lipinski definition) is 2. The summed E-state index contributed by atoms with van der Waals surface area (Å²) < 4.78 is 0. The summed E-state index contributed by atoms with van der Waals surface area (Å²) in [4.78, 5) is 14.3. The standard InChI is InChI=1S/C17H19N5/c1-11-2-3-16-14(6-11)12(7-19-16)9-22-5-4-15-13(10-22)8-20-17(18)21-15/h2-3,6-8,19H,4-5,9-10H2,1H3,(H2,18,20,21). The van der Waals surface area contributed by atoms with Gasteiger partial charge in [-0.1, -0.05) is 11.6 Å². The van der Waals surface area contributed by atoms with E-state index in [-0.39, 0.29) is 0 Å². The van der Waals surface area contributed by atoms with Gasteiger partial charge in [0.1, 0.15) is 0 Å². The number of rotatable bonds is 2. The smallest absolute Gasteiger partial charge is 0.220 e. The van der Waals surface area contributed by atoms with E-state index < -0.39 is 0 Å². The number of aromatic nitrogens is 3. The van der Waals surface area contributed by atoms with E-state index in [2.05, 4.69) is 51.2 Å². The lowest BCUT2D eigenvalue weighted by atomic mass is 10.1. The lowest BCUT2D eigenvalue weighted by Gasteiger charge is -2.27. The van der Waals surface area contributed by atoms with Crippen LogP contribution < -0.4 is 5.73 Å². The molecule has 0 aliphatic carbocycles. The highest BCUT2D eigenvalue weighted by atomic mass is 15.1. The van der Waals surface area contributed by atoms with Crippen molar-refractivity contribution < 1.29 is 0 Å². The summed E-state index contributed by atoms with van der Waals surface area (Å²) in [5.74, 6) is 0.374. The molecule has 0 saturated heterocycles. The molecule has 1 aliphatic rings. The molecule has 5 heteroatoms. The van der Waals surface area contributed by atoms with Crippen LogP contribution in [0.1, 0.15) is 22.4 Å². The predicted octanol–water partition coefficient (Wildman–Crippen LogP) is 2.41. The minimum Gasteiger partial charge on any atom is -0.368 e. The van der Waals surface area contributed by atoms with Crippen LogP contribution in [0.3, 0.4) is 0 Å². The Morgan fingerprint density at radius 1 is 1.36 bits per heavy atom. The number of anilines is 1. The van der Waals surface area contributed by atoms with E-state index in [1.54, 1.807) is 0 Å². The molecule has 0 fully saturated rings. The van der Waals surface area contributed by atoms with Gasteiger partial charge in [0.05, 0.1) is 5.69 Å². The van der Waals surface area contributed by atoms with Gasteiger partial charge in [-0.25, -0.2) is 9.97 Å². The largest absolute Gasteiger partial charge is 0.368 e. The fourth-order valence-electron chi connectivity index (χ4n) is 3.19. The van der Waals surface area contributed by atoms with E-state index in [1.165, 1.54) is 27.6 Å². The molecule has 0 atom stereocenters. The molecule has 5 nitrogen and oxygen atoms in total. The minimum atomic E-state index is 0.374. The van der Waals surface area contributed by atoms with E-state index >= 15 is 0 Å². The third kappa shape index (κ3) is 2.33. The molecule has 22 heavy (non-hydrogen) atoms. The molecule has 3 heterocycles. The fraction of sp³-hybridized carbons (Fsp3) is 0.294. The van der Waals surface area contributed by atoms with Gasteiger partial charge in [0, 0.05) is 54.9 Å². The first-order valence-corrected chi connectivity index (χ1v) is 7.58. The predicted molar refractivity (Wildman–Crippen MR) is 87.3 cm³/mol. The molecule has 0 radical (unpaired) electrons. The van der Waals surface area contributed by atoms with Crippen molar-refractivity contribution in [1.82, 2.24) is 19.9 Å². The summed E-state index contributed by atoms with van der Waals surface area (Å²) in [6.07, 6.45) is 4.92. The molecule has 0 spiro atoms. The number of benzene rings is 1. The van der Waals surface area contributed by atoms with Crippen LogP contribution in [0, 0.1) is 6.92 Å². The quantitative estimate of drug-likeness (QED) is 0.761. The summed E-state index contributed by atoms with van der Waals surface area (Å²) >= 11 is 0. The maximum Gasteiger partial charge on any atom is 0.220 e. The summed E-state index contributed by atoms with van der Waals surface area (Å²) in [5, 5.41) is 1.32. The number of nitrogens with zero attached hydrogens (tertiary/aromatic N) is 3. The van der Waals surface area contributed by atoms with Crippen molar-refractivity contribution in [3.63, 3.8) is 0 Å². The average Bonchev–Trinajstić information content (AvgIpc) is 2.90. The highest BCUT2D eigenvalue weighted by Crippen LogP contribution is 2.24. The SMILES string of the molecule is Cc1ccc2[nH]cc(CN3CCc4nc(N)ncc4C3)c2c1. The second kappa shape index (κ2) is 5.10. The monoisotopic (exact) mass is 293 g/mol. The molecule has 1 aliphatic heterocycles. The first-order valence-electron chi connectivity index (χ1n) is 7.58. The van der Waals surface area contributed by atoms with Crippen molar-refractivity contribution in [3.8, 4) is 0 Å². The number of aryl methyl sites for hydroxylation is 1. The Bertz CT molecular complexity index is 836. The van der Waals surface area contributed by atoms with Gasteiger partial charge in [-0.05, 0) is 24.6 Å². The van der Waals surface area contributed by atoms with E-state index in [4.69, 9.17) is 5.73 Å². The summed E-state index contributed by atoms with van der Waals surface area (Å²) in [7, 11) is 0. The summed E-state index contributed by atoms with van der Waals surface area (Å²) in [6, 6.07) is 6.54. The first-order chi connectivity index (χ1) is 10.7. The third-order valence-corrected chi connectivity index (χ3v) is 4.35. The molecule has 3 aromatic rings. The summed E-state index contributed by atoms with van der Waals surface area (Å²) in [6.45, 7) is 4.96. The number of fused-ring (bicyclic) bond motifs is 2. The van der Waals surface area contributed by atoms with Gasteiger partial charge in [0.25, 0.3) is 0 Å². The van der Waals surface area contributed by atoms with Gasteiger partial charge in [0.2, 0.25) is 5.95 Å². The average molecular weight is 293 g/mol. The second-order valence-electron chi connectivity index (χ2n) is 6.02. The molecule has 112 valence electrons. The van der Waals surface area contributed by atoms with Crippen molar-refractivity contribution in [2.24, 2.45) is 0 Å². The second-order valence-corrected chi connectivity index (χ2v) is 6.02. The molecule has 3 N–H and O–H groups in total. The van der Waals surface area contributed by atoms with E-state index in [9.17, 15) is 0 Å². The van der Waals surface area contributed by atoms with Gasteiger partial charge in [-0.2, -0.15) is 0 Å². The van der Waals surface area contributed by atoms with Crippen LogP contribution in [-0.4, -0.2) is 26.4 Å². The lowest BCUT2D eigenvalue weighted by Crippen LogP contribution is -2.31. The highest BCUT2D eigenvalue weighted by Gasteiger charge is 2.19. The van der Waals surface area contributed by atoms with E-state index in [0.717, 1.165) is 31.7 Å². The van der Waals surface area contributed by atoms with Crippen LogP contribution >= 0.6 is 0 Å². The van der Waals surface area contributed by atoms with Crippen molar-refractivity contribution >= 4 is 16.9 Å². The topological polar surface area (TPSA) is 70.8 Å². The van der Waals surface area contributed by atoms with Crippen LogP contribution in [0.25, 0.3) is 10.9 Å². The first kappa shape index (κ1) is 13.3. The molecule has 2 aromatic heterocycles. The van der Waals surface area contributed by atoms with Crippen LogP contribution in [0.2, 0.25) is 0 Å². The number of H-pyrrole nitrogens is 1. The van der Waals surface area contributed by atoms with Crippen molar-refractivity contribution in [2.45, 2.75) is 26.4 Å². The van der Waals surface area contributed by atoms with E-state index in [0.29, 0.717) is 5.95 Å². The molecule has 0 unspecified atom stereocenters. The normalized spacial score (nSPS) is 15.1. The third-order valence-electron chi connectivity index (χ3n) is 4.35. The fourth-order valence-corrected chi connectivity index (χ4v) is 3.19. The van der Waals surface area contributed by atoms with Crippen LogP contribution in [-0.2, 0) is 19.5 Å². The zero-order valence-corrected chi connectivity index (χ0v) is 12.6. The number of hydrogen-bond acceptors (Lipinski definition) is 4. The maximum absolute atomic E-state index is 5.66. The Kier molecular flexibility index (Phi) is 3.08. The zero-order chi connectivity index (χ0) is 15.1. The van der Waals surface area contributed by atoms with Crippen LogP contribution in [0.5, 0.6) is 0 Å². The molecule has 0 bridgehead atoms. The number of nitrogens with two attached hydrogens (primary N) is 1. The number of aromatic amines is 1. The lowest BCUT2D eigenvalue weighted by molar-refractivity contribution is 0.244. The number of nitrogen functional groups attached to an aromatic ring is 1. The zero-order valence-electron chi connectivity index (χ0n) is 12.6. The van der Waals surface area contributed by atoms with Gasteiger partial charge in [-0.3, -0.25) is 4.90 Å². The van der Waals surface area contributed by atoms with Crippen molar-refractivity contribution in [3.05, 3.63) is 53.0 Å². The van der Waals surface area contributed by atoms with Gasteiger partial charge in [-0.15, -0.1) is 0 Å². The molecular formula is C17H19N5. The van der Waals surface area contributed by atoms with Crippen LogP contribution in [0.15, 0.2) is 30.6 Å². The van der Waals surface area contributed by atoms with Crippen molar-refractivity contribution in [2.75, 3.05) is 12.3 Å². The molecule has 1 aromatic carbocycles. The van der Waals surface area contributed by atoms with Crippen molar-refractivity contribution in [1.29, 1.82) is 0 Å². The Balaban J connectivity index is 1.59. The Labute approximate surface area is 129 Å². The minimum absolute atomic E-state index is 0.374. The Hall–Kier alpha value is -2.40. The molecule has 0 saturated carbocycles. The summed E-state index contributed by atoms with van der Waals surface area (Å²) in [5.41, 5.74) is 11.8. The molecular weight excluding hydrogens is 274 g/mol. The Morgan fingerprint density at radius 3 is 3.18 bits per heavy atom. The van der Waals surface area contributed by atoms with Gasteiger partial charge >= 0.3 is 0 Å². The molecule has 0 amide bonds. The van der Waals surface area contributed by atoms with Crippen LogP contribution in [0.4, 0.5) is 5.95 Å². The molecule has 4 rings (SSSR count). The highest BCUT2D eigenvalue weighted by molar-refractivity contribution is 5.83. The van der Waals surface area contributed by atoms with Gasteiger partial charge in [0.15, 0.2) is 0 Å². The van der Waals surface area contributed by atoms with E-state index in [1.807, 2.05) is 6.20 Å². The maximum atomic E-state index is 5.66.